The number of carbonyl (C=O) groups is 1. The van der Waals surface area contributed by atoms with Crippen molar-refractivity contribution >= 4 is 17.6 Å². The van der Waals surface area contributed by atoms with Crippen molar-refractivity contribution in [3.05, 3.63) is 64.7 Å². The Morgan fingerprint density at radius 2 is 1.88 bits per heavy atom. The molecule has 0 aliphatic carbocycles. The molecular weight excluding hydrogens is 338 g/mol. The van der Waals surface area contributed by atoms with Crippen molar-refractivity contribution in [3.8, 4) is 5.75 Å². The molecule has 0 amide bonds. The number of hydrogen-bond donors (Lipinski definition) is 1. The standard InChI is InChI=1S/C20H22ClNO3/c21-18-6-4-15(5-7-18)16-8-10-22(11-9-16)12-13-25-19-3-1-2-17(14-19)20(23)24/h1-7,14,16H,8-13H2,(H,23,24). The fourth-order valence-corrected chi connectivity index (χ4v) is 3.36. The average molecular weight is 360 g/mol. The van der Waals surface area contributed by atoms with Crippen LogP contribution in [0, 0.1) is 0 Å². The number of nitrogens with zero attached hydrogens (tertiary/aromatic N) is 1. The summed E-state index contributed by atoms with van der Waals surface area (Å²) in [6.45, 7) is 3.51. The first kappa shape index (κ1) is 17.8. The quantitative estimate of drug-likeness (QED) is 0.835. The largest absolute Gasteiger partial charge is 0.492 e. The van der Waals surface area contributed by atoms with Crippen LogP contribution in [-0.4, -0.2) is 42.2 Å². The lowest BCUT2D eigenvalue weighted by Crippen LogP contribution is -2.35. The van der Waals surface area contributed by atoms with Gasteiger partial charge in [0.25, 0.3) is 0 Å². The van der Waals surface area contributed by atoms with Gasteiger partial charge in [0.1, 0.15) is 12.4 Å². The van der Waals surface area contributed by atoms with Crippen molar-refractivity contribution < 1.29 is 14.6 Å². The lowest BCUT2D eigenvalue weighted by atomic mass is 9.89. The summed E-state index contributed by atoms with van der Waals surface area (Å²) in [6.07, 6.45) is 2.27. The Labute approximate surface area is 153 Å². The van der Waals surface area contributed by atoms with E-state index >= 15 is 0 Å². The van der Waals surface area contributed by atoms with Crippen LogP contribution in [0.1, 0.15) is 34.7 Å². The summed E-state index contributed by atoms with van der Waals surface area (Å²) >= 11 is 5.95. The first-order chi connectivity index (χ1) is 12.1. The monoisotopic (exact) mass is 359 g/mol. The second-order valence-corrected chi connectivity index (χ2v) is 6.79. The number of halogens is 1. The van der Waals surface area contributed by atoms with E-state index in [-0.39, 0.29) is 5.56 Å². The minimum absolute atomic E-state index is 0.251. The van der Waals surface area contributed by atoms with Gasteiger partial charge in [0.15, 0.2) is 0 Å². The molecule has 1 fully saturated rings. The number of ether oxygens (including phenoxy) is 1. The molecule has 0 bridgehead atoms. The zero-order chi connectivity index (χ0) is 17.6. The summed E-state index contributed by atoms with van der Waals surface area (Å²) in [4.78, 5) is 13.4. The molecule has 25 heavy (non-hydrogen) atoms. The summed E-state index contributed by atoms with van der Waals surface area (Å²) in [5.74, 6) is 0.271. The highest BCUT2D eigenvalue weighted by Crippen LogP contribution is 2.28. The third-order valence-electron chi connectivity index (χ3n) is 4.69. The molecule has 0 saturated carbocycles. The van der Waals surface area contributed by atoms with Gasteiger partial charge in [-0.05, 0) is 67.7 Å². The van der Waals surface area contributed by atoms with Gasteiger partial charge >= 0.3 is 5.97 Å². The molecule has 1 N–H and O–H groups in total. The number of likely N-dealkylation sites (tertiary alicyclic amines) is 1. The number of carboxylic acids is 1. The Balaban J connectivity index is 1.43. The molecule has 1 heterocycles. The Morgan fingerprint density at radius 1 is 1.16 bits per heavy atom. The Bertz CT molecular complexity index is 709. The van der Waals surface area contributed by atoms with E-state index in [4.69, 9.17) is 21.4 Å². The van der Waals surface area contributed by atoms with E-state index in [1.807, 2.05) is 12.1 Å². The van der Waals surface area contributed by atoms with Crippen LogP contribution >= 0.6 is 11.6 Å². The number of benzene rings is 2. The van der Waals surface area contributed by atoms with Crippen molar-refractivity contribution in [2.45, 2.75) is 18.8 Å². The molecule has 132 valence electrons. The molecule has 2 aromatic carbocycles. The third-order valence-corrected chi connectivity index (χ3v) is 4.94. The molecule has 0 radical (unpaired) electrons. The van der Waals surface area contributed by atoms with Gasteiger partial charge in [-0.15, -0.1) is 0 Å². The second kappa shape index (κ2) is 8.37. The SMILES string of the molecule is O=C(O)c1cccc(OCCN2CCC(c3ccc(Cl)cc3)CC2)c1. The van der Waals surface area contributed by atoms with Crippen molar-refractivity contribution in [1.82, 2.24) is 4.90 Å². The number of piperidine rings is 1. The zero-order valence-electron chi connectivity index (χ0n) is 14.0. The van der Waals surface area contributed by atoms with E-state index in [1.165, 1.54) is 5.56 Å². The van der Waals surface area contributed by atoms with Crippen molar-refractivity contribution in [1.29, 1.82) is 0 Å². The Kier molecular flexibility index (Phi) is 5.95. The maximum atomic E-state index is 11.0. The van der Waals surface area contributed by atoms with Gasteiger partial charge in [-0.2, -0.15) is 0 Å². The van der Waals surface area contributed by atoms with E-state index in [0.717, 1.165) is 37.5 Å². The predicted molar refractivity (Wildman–Crippen MR) is 98.8 cm³/mol. The number of carboxylic acid groups (broad SMARTS) is 1. The van der Waals surface area contributed by atoms with Gasteiger partial charge in [0.05, 0.1) is 5.56 Å². The van der Waals surface area contributed by atoms with Crippen molar-refractivity contribution in [2.24, 2.45) is 0 Å². The van der Waals surface area contributed by atoms with Gasteiger partial charge in [-0.25, -0.2) is 4.79 Å². The lowest BCUT2D eigenvalue weighted by Gasteiger charge is -2.32. The Morgan fingerprint density at radius 3 is 2.56 bits per heavy atom. The molecule has 1 saturated heterocycles. The highest BCUT2D eigenvalue weighted by Gasteiger charge is 2.20. The first-order valence-corrected chi connectivity index (χ1v) is 8.93. The van der Waals surface area contributed by atoms with Crippen LogP contribution in [0.25, 0.3) is 0 Å². The molecule has 1 aliphatic rings. The van der Waals surface area contributed by atoms with Crippen LogP contribution in [0.2, 0.25) is 5.02 Å². The minimum Gasteiger partial charge on any atom is -0.492 e. The highest BCUT2D eigenvalue weighted by molar-refractivity contribution is 6.30. The normalized spacial score (nSPS) is 15.9. The molecule has 0 unspecified atom stereocenters. The van der Waals surface area contributed by atoms with E-state index in [1.54, 1.807) is 24.3 Å². The van der Waals surface area contributed by atoms with Crippen LogP contribution in [0.3, 0.4) is 0 Å². The van der Waals surface area contributed by atoms with E-state index < -0.39 is 5.97 Å². The van der Waals surface area contributed by atoms with Crippen LogP contribution in [0.4, 0.5) is 0 Å². The van der Waals surface area contributed by atoms with Gasteiger partial charge in [-0.1, -0.05) is 29.8 Å². The summed E-state index contributed by atoms with van der Waals surface area (Å²) < 4.78 is 5.70. The maximum Gasteiger partial charge on any atom is 0.335 e. The zero-order valence-corrected chi connectivity index (χ0v) is 14.8. The molecule has 0 aromatic heterocycles. The van der Waals surface area contributed by atoms with Gasteiger partial charge in [-0.3, -0.25) is 4.90 Å². The summed E-state index contributed by atoms with van der Waals surface area (Å²) in [5, 5.41) is 9.78. The predicted octanol–water partition coefficient (Wildman–Crippen LogP) is 4.30. The minimum atomic E-state index is -0.935. The fraction of sp³-hybridized carbons (Fsp3) is 0.350. The lowest BCUT2D eigenvalue weighted by molar-refractivity contribution is 0.0696. The van der Waals surface area contributed by atoms with Crippen molar-refractivity contribution in [3.63, 3.8) is 0 Å². The number of hydrogen-bond acceptors (Lipinski definition) is 3. The summed E-state index contributed by atoms with van der Waals surface area (Å²) in [5.41, 5.74) is 1.62. The molecular formula is C20H22ClNO3. The average Bonchev–Trinajstić information content (AvgIpc) is 2.63. The fourth-order valence-electron chi connectivity index (χ4n) is 3.24. The molecule has 3 rings (SSSR count). The number of rotatable bonds is 6. The van der Waals surface area contributed by atoms with Crippen LogP contribution < -0.4 is 4.74 Å². The highest BCUT2D eigenvalue weighted by atomic mass is 35.5. The van der Waals surface area contributed by atoms with Crippen LogP contribution in [0.15, 0.2) is 48.5 Å². The summed E-state index contributed by atoms with van der Waals surface area (Å²) in [6, 6.07) is 14.8. The van der Waals surface area contributed by atoms with Gasteiger partial charge in [0.2, 0.25) is 0 Å². The van der Waals surface area contributed by atoms with Crippen molar-refractivity contribution in [2.75, 3.05) is 26.2 Å². The van der Waals surface area contributed by atoms with E-state index in [0.29, 0.717) is 18.3 Å². The van der Waals surface area contributed by atoms with Crippen LogP contribution in [0.5, 0.6) is 5.75 Å². The topological polar surface area (TPSA) is 49.8 Å². The Hall–Kier alpha value is -2.04. The molecule has 0 atom stereocenters. The maximum absolute atomic E-state index is 11.0. The molecule has 2 aromatic rings. The molecule has 0 spiro atoms. The molecule has 5 heteroatoms. The number of aromatic carboxylic acids is 1. The first-order valence-electron chi connectivity index (χ1n) is 8.56. The molecule has 4 nitrogen and oxygen atoms in total. The smallest absolute Gasteiger partial charge is 0.335 e. The van der Waals surface area contributed by atoms with Crippen LogP contribution in [-0.2, 0) is 0 Å². The van der Waals surface area contributed by atoms with E-state index in [9.17, 15) is 4.79 Å². The van der Waals surface area contributed by atoms with Gasteiger partial charge in [0, 0.05) is 11.6 Å². The molecule has 1 aliphatic heterocycles. The summed E-state index contributed by atoms with van der Waals surface area (Å²) in [7, 11) is 0. The third kappa shape index (κ3) is 4.97. The van der Waals surface area contributed by atoms with E-state index in [2.05, 4.69) is 17.0 Å². The van der Waals surface area contributed by atoms with Gasteiger partial charge < -0.3 is 9.84 Å². The second-order valence-electron chi connectivity index (χ2n) is 6.35.